The first kappa shape index (κ1) is 29.8. The molecule has 3 N–H and O–H groups in total. The molecule has 0 saturated carbocycles. The van der Waals surface area contributed by atoms with Crippen molar-refractivity contribution >= 4 is 50.8 Å². The number of hydrogen-bond acceptors (Lipinski definition) is 10. The molecule has 0 bridgehead atoms. The Labute approximate surface area is 223 Å². The van der Waals surface area contributed by atoms with Crippen molar-refractivity contribution in [2.75, 3.05) is 33.5 Å². The number of carbonyl (C=O) groups excluding carboxylic acids is 1. The fourth-order valence-corrected chi connectivity index (χ4v) is 4.88. The number of aliphatic hydroxyl groups is 1. The maximum atomic E-state index is 12.9. The van der Waals surface area contributed by atoms with E-state index in [0.717, 1.165) is 0 Å². The summed E-state index contributed by atoms with van der Waals surface area (Å²) in [7, 11) is 6.49. The molecular formula is C21H26F3N7O5S2. The number of aromatic nitrogens is 4. The molecule has 1 aliphatic heterocycles. The monoisotopic (exact) mass is 577 g/mol. The second kappa shape index (κ2) is 12.8. The minimum Gasteiger partial charge on any atom is -0.394 e. The van der Waals surface area contributed by atoms with Crippen LogP contribution in [0.4, 0.5) is 19.1 Å². The molecule has 17 heteroatoms. The summed E-state index contributed by atoms with van der Waals surface area (Å²) < 4.78 is 50.5. The van der Waals surface area contributed by atoms with E-state index in [-0.39, 0.29) is 41.1 Å². The molecular weight excluding hydrogens is 551 g/mol. The van der Waals surface area contributed by atoms with Crippen LogP contribution in [0.25, 0.3) is 11.0 Å². The Bertz CT molecular complexity index is 1290. The molecule has 0 aliphatic carbocycles. The quantitative estimate of drug-likeness (QED) is 0.131. The average molecular weight is 578 g/mol. The second-order valence-electron chi connectivity index (χ2n) is 8.12. The number of nitrogens with one attached hydrogen (secondary N) is 2. The SMILES string of the molecule is CSS[C@@H](C)O[C@@H]1C[C@H](n2nc(C#CCNC(=O)C(F)(F)F)c3c(=O)[nH]c(/N=C\N(C)C)nc32)O[C@@H]1CO. The molecule has 0 radical (unpaired) electrons. The summed E-state index contributed by atoms with van der Waals surface area (Å²) in [5, 5.41) is 15.8. The van der Waals surface area contributed by atoms with Crippen molar-refractivity contribution in [3.63, 3.8) is 0 Å². The summed E-state index contributed by atoms with van der Waals surface area (Å²) in [6, 6.07) is 0. The Balaban J connectivity index is 1.99. The summed E-state index contributed by atoms with van der Waals surface area (Å²) in [5.41, 5.74) is -0.845. The van der Waals surface area contributed by atoms with E-state index in [1.54, 1.807) is 24.3 Å². The van der Waals surface area contributed by atoms with E-state index in [1.807, 2.05) is 13.2 Å². The van der Waals surface area contributed by atoms with E-state index in [0.29, 0.717) is 0 Å². The van der Waals surface area contributed by atoms with Crippen LogP contribution in [-0.2, 0) is 14.3 Å². The second-order valence-corrected chi connectivity index (χ2v) is 10.9. The number of hydrogen-bond donors (Lipinski definition) is 3. The lowest BCUT2D eigenvalue weighted by atomic mass is 10.2. The van der Waals surface area contributed by atoms with Gasteiger partial charge in [0.15, 0.2) is 17.6 Å². The number of aliphatic hydroxyl groups excluding tert-OH is 1. The van der Waals surface area contributed by atoms with Gasteiger partial charge < -0.3 is 24.8 Å². The van der Waals surface area contributed by atoms with Gasteiger partial charge in [-0.3, -0.25) is 14.6 Å². The maximum absolute atomic E-state index is 12.9. The van der Waals surface area contributed by atoms with E-state index in [4.69, 9.17) is 9.47 Å². The molecule has 2 aromatic heterocycles. The fraction of sp³-hybridized carbons (Fsp3) is 0.571. The van der Waals surface area contributed by atoms with E-state index in [1.165, 1.54) is 32.6 Å². The average Bonchev–Trinajstić information content (AvgIpc) is 3.41. The largest absolute Gasteiger partial charge is 0.471 e. The summed E-state index contributed by atoms with van der Waals surface area (Å²) in [6.45, 7) is 0.916. The third kappa shape index (κ3) is 7.41. The molecule has 0 unspecified atom stereocenters. The van der Waals surface area contributed by atoms with Crippen molar-refractivity contribution in [1.82, 2.24) is 30.0 Å². The lowest BCUT2D eigenvalue weighted by Gasteiger charge is -2.20. The highest BCUT2D eigenvalue weighted by Crippen LogP contribution is 2.35. The smallest absolute Gasteiger partial charge is 0.394 e. The number of aliphatic imine (C=N–C) groups is 1. The molecule has 1 amide bonds. The van der Waals surface area contributed by atoms with E-state index >= 15 is 0 Å². The van der Waals surface area contributed by atoms with Crippen LogP contribution in [0.15, 0.2) is 9.79 Å². The van der Waals surface area contributed by atoms with E-state index in [2.05, 4.69) is 31.9 Å². The number of ether oxygens (including phenoxy) is 2. The van der Waals surface area contributed by atoms with Gasteiger partial charge in [0.2, 0.25) is 5.95 Å². The van der Waals surface area contributed by atoms with Crippen LogP contribution in [0.2, 0.25) is 0 Å². The Kier molecular flexibility index (Phi) is 10.1. The summed E-state index contributed by atoms with van der Waals surface area (Å²) in [4.78, 5) is 36.6. The molecule has 3 rings (SSSR count). The number of fused-ring (bicyclic) bond motifs is 1. The molecule has 0 spiro atoms. The molecule has 38 heavy (non-hydrogen) atoms. The van der Waals surface area contributed by atoms with Crippen molar-refractivity contribution in [2.24, 2.45) is 4.99 Å². The number of carbonyl (C=O) groups is 1. The Hall–Kier alpha value is -2.78. The van der Waals surface area contributed by atoms with Gasteiger partial charge in [0.05, 0.1) is 25.6 Å². The molecule has 1 aliphatic rings. The zero-order chi connectivity index (χ0) is 28.0. The van der Waals surface area contributed by atoms with Gasteiger partial charge in [-0.2, -0.15) is 23.3 Å². The van der Waals surface area contributed by atoms with Crippen molar-refractivity contribution in [3.8, 4) is 11.8 Å². The van der Waals surface area contributed by atoms with Crippen LogP contribution < -0.4 is 10.9 Å². The topological polar surface area (TPSA) is 147 Å². The van der Waals surface area contributed by atoms with Crippen LogP contribution in [0, 0.1) is 11.8 Å². The molecule has 3 heterocycles. The van der Waals surface area contributed by atoms with Crippen molar-refractivity contribution in [3.05, 3.63) is 16.0 Å². The number of aromatic amines is 1. The zero-order valence-electron chi connectivity index (χ0n) is 20.8. The number of halogens is 3. The van der Waals surface area contributed by atoms with Gasteiger partial charge in [0, 0.05) is 20.5 Å². The van der Waals surface area contributed by atoms with Crippen molar-refractivity contribution in [2.45, 2.75) is 43.4 Å². The van der Waals surface area contributed by atoms with Gasteiger partial charge in [0.1, 0.15) is 16.9 Å². The molecule has 0 aromatic carbocycles. The molecule has 1 saturated heterocycles. The third-order valence-electron chi connectivity index (χ3n) is 4.99. The molecule has 208 valence electrons. The van der Waals surface area contributed by atoms with Gasteiger partial charge in [-0.15, -0.1) is 0 Å². The Morgan fingerprint density at radius 3 is 2.87 bits per heavy atom. The molecule has 4 atom stereocenters. The maximum Gasteiger partial charge on any atom is 0.471 e. The first-order chi connectivity index (χ1) is 17.9. The highest BCUT2D eigenvalue weighted by atomic mass is 33.1. The number of rotatable bonds is 9. The summed E-state index contributed by atoms with van der Waals surface area (Å²) >= 11 is 0. The van der Waals surface area contributed by atoms with Crippen LogP contribution >= 0.6 is 21.6 Å². The number of amides is 1. The highest BCUT2D eigenvalue weighted by molar-refractivity contribution is 8.76. The molecule has 2 aromatic rings. The van der Waals surface area contributed by atoms with Gasteiger partial charge in [-0.1, -0.05) is 27.5 Å². The molecule has 12 nitrogen and oxygen atoms in total. The predicted molar refractivity (Wildman–Crippen MR) is 137 cm³/mol. The summed E-state index contributed by atoms with van der Waals surface area (Å²) in [5.74, 6) is 2.72. The van der Waals surface area contributed by atoms with Crippen LogP contribution in [0.1, 0.15) is 25.3 Å². The lowest BCUT2D eigenvalue weighted by molar-refractivity contribution is -0.173. The number of nitrogens with zero attached hydrogens (tertiary/aromatic N) is 5. The minimum atomic E-state index is -5.05. The standard InChI is InChI=1S/C21H26F3N7O5S2/c1-11(38-37-4)35-13-8-15(36-14(13)9-32)31-17-16(18(33)28-20(27-17)26-10-30(2)3)12(29-31)6-5-7-25-19(34)21(22,23)24/h10-11,13-15,32H,7-9H2,1-4H3,(H,25,34)(H,27,28,33)/b26-10-/t11-,13+,14+,15+/m0/s1. The third-order valence-corrected chi connectivity index (χ3v) is 6.96. The zero-order valence-corrected chi connectivity index (χ0v) is 22.4. The van der Waals surface area contributed by atoms with Gasteiger partial charge in [0.25, 0.3) is 5.56 Å². The number of alkyl halides is 3. The van der Waals surface area contributed by atoms with Gasteiger partial charge >= 0.3 is 12.1 Å². The Morgan fingerprint density at radius 2 is 2.24 bits per heavy atom. The first-order valence-corrected chi connectivity index (χ1v) is 13.7. The van der Waals surface area contributed by atoms with Crippen molar-refractivity contribution in [1.29, 1.82) is 0 Å². The lowest BCUT2D eigenvalue weighted by Crippen LogP contribution is -2.36. The van der Waals surface area contributed by atoms with Crippen LogP contribution in [0.5, 0.6) is 0 Å². The number of H-pyrrole nitrogens is 1. The van der Waals surface area contributed by atoms with Crippen LogP contribution in [0.3, 0.4) is 0 Å². The van der Waals surface area contributed by atoms with Crippen molar-refractivity contribution < 1.29 is 32.5 Å². The molecule has 1 fully saturated rings. The van der Waals surface area contributed by atoms with E-state index < -0.39 is 42.6 Å². The van der Waals surface area contributed by atoms with Gasteiger partial charge in [-0.25, -0.2) is 9.67 Å². The van der Waals surface area contributed by atoms with Crippen LogP contribution in [-0.4, -0.2) is 99.3 Å². The Morgan fingerprint density at radius 1 is 1.50 bits per heavy atom. The predicted octanol–water partition coefficient (Wildman–Crippen LogP) is 1.39. The normalized spacial score (nSPS) is 20.5. The minimum absolute atomic E-state index is 0.0243. The van der Waals surface area contributed by atoms with E-state index in [9.17, 15) is 27.9 Å². The fourth-order valence-electron chi connectivity index (χ4n) is 3.47. The van der Waals surface area contributed by atoms with Gasteiger partial charge in [-0.05, 0) is 19.1 Å². The first-order valence-electron chi connectivity index (χ1n) is 11.1. The summed E-state index contributed by atoms with van der Waals surface area (Å²) in [6.07, 6.45) is -3.41. The highest BCUT2D eigenvalue weighted by Gasteiger charge is 2.40.